The fourth-order valence-electron chi connectivity index (χ4n) is 9.11. The molecule has 0 N–H and O–H groups in total. The quantitative estimate of drug-likeness (QED) is 0.0262. The molecule has 0 fully saturated rings. The second-order valence-corrected chi connectivity index (χ2v) is 20.6. The summed E-state index contributed by atoms with van der Waals surface area (Å²) >= 11 is 0. The van der Waals surface area contributed by atoms with Gasteiger partial charge in [0.25, 0.3) is 0 Å². The maximum absolute atomic E-state index is 12.8. The molecule has 0 aromatic carbocycles. The molecule has 6 nitrogen and oxygen atoms in total. The number of ether oxygens (including phenoxy) is 3. The summed E-state index contributed by atoms with van der Waals surface area (Å²) < 4.78 is 16.9. The third-order valence-electron chi connectivity index (χ3n) is 13.7. The van der Waals surface area contributed by atoms with Crippen molar-refractivity contribution in [2.24, 2.45) is 0 Å². The molecule has 0 saturated heterocycles. The highest BCUT2D eigenvalue weighted by Crippen LogP contribution is 2.18. The van der Waals surface area contributed by atoms with Crippen LogP contribution in [0.1, 0.15) is 335 Å². The molecular weight excluding hydrogens is 841 g/mol. The highest BCUT2D eigenvalue weighted by Gasteiger charge is 2.19. The van der Waals surface area contributed by atoms with Crippen LogP contribution in [0.15, 0.2) is 24.3 Å². The molecular formula is C62H116O6. The van der Waals surface area contributed by atoms with Gasteiger partial charge in [-0.25, -0.2) is 0 Å². The van der Waals surface area contributed by atoms with E-state index in [0.29, 0.717) is 19.3 Å². The van der Waals surface area contributed by atoms with Crippen LogP contribution in [0.25, 0.3) is 0 Å². The molecule has 0 radical (unpaired) electrons. The van der Waals surface area contributed by atoms with E-state index in [0.717, 1.165) is 83.5 Å². The molecule has 1 atom stereocenters. The lowest BCUT2D eigenvalue weighted by atomic mass is 10.0. The summed E-state index contributed by atoms with van der Waals surface area (Å²) in [5.41, 5.74) is 0. The number of esters is 3. The topological polar surface area (TPSA) is 78.9 Å². The minimum Gasteiger partial charge on any atom is -0.462 e. The van der Waals surface area contributed by atoms with Crippen LogP contribution in [-0.2, 0) is 28.6 Å². The van der Waals surface area contributed by atoms with Crippen LogP contribution in [0.3, 0.4) is 0 Å². The Balaban J connectivity index is 4.20. The van der Waals surface area contributed by atoms with Gasteiger partial charge < -0.3 is 14.2 Å². The van der Waals surface area contributed by atoms with Crippen LogP contribution in [0.2, 0.25) is 0 Å². The number of carbonyl (C=O) groups is 3. The van der Waals surface area contributed by atoms with Gasteiger partial charge in [0.2, 0.25) is 0 Å². The van der Waals surface area contributed by atoms with Crippen molar-refractivity contribution in [3.8, 4) is 0 Å². The summed E-state index contributed by atoms with van der Waals surface area (Å²) in [4.78, 5) is 38.1. The Labute approximate surface area is 423 Å². The molecule has 0 rings (SSSR count). The Bertz CT molecular complexity index is 1100. The van der Waals surface area contributed by atoms with Crippen molar-refractivity contribution < 1.29 is 28.6 Å². The summed E-state index contributed by atoms with van der Waals surface area (Å²) in [6.45, 7) is 6.64. The molecule has 1 unspecified atom stereocenters. The first-order valence-corrected chi connectivity index (χ1v) is 30.3. The molecule has 0 saturated carbocycles. The van der Waals surface area contributed by atoms with Crippen LogP contribution in [0, 0.1) is 0 Å². The highest BCUT2D eigenvalue weighted by molar-refractivity contribution is 5.71. The van der Waals surface area contributed by atoms with Crippen molar-refractivity contribution >= 4 is 17.9 Å². The van der Waals surface area contributed by atoms with E-state index in [1.807, 2.05) is 0 Å². The van der Waals surface area contributed by atoms with Crippen LogP contribution >= 0.6 is 0 Å². The molecule has 0 aliphatic carbocycles. The first-order chi connectivity index (χ1) is 33.5. The number of hydrogen-bond acceptors (Lipinski definition) is 6. The summed E-state index contributed by atoms with van der Waals surface area (Å²) in [5.74, 6) is -0.864. The molecule has 0 aliphatic rings. The fourth-order valence-corrected chi connectivity index (χ4v) is 9.11. The molecule has 68 heavy (non-hydrogen) atoms. The summed E-state index contributed by atoms with van der Waals surface area (Å²) in [6.07, 6.45) is 67.6. The van der Waals surface area contributed by atoms with Crippen molar-refractivity contribution in [3.05, 3.63) is 24.3 Å². The standard InChI is InChI=1S/C62H116O6/c1-4-7-10-13-16-19-22-25-27-28-29-30-31-32-33-34-35-36-38-40-43-46-49-52-55-61(64)67-58-59(57-66-60(63)54-51-48-45-42-39-24-21-18-15-12-9-6-3)68-62(65)56-53-50-47-44-41-37-26-23-20-17-14-11-8-5-2/h14,17,23,26,59H,4-13,15-16,18-22,24-25,27-58H2,1-3H3/b17-14-,26-23-. The third kappa shape index (κ3) is 54.8. The van der Waals surface area contributed by atoms with Gasteiger partial charge in [-0.1, -0.05) is 295 Å². The maximum Gasteiger partial charge on any atom is 0.306 e. The Hall–Kier alpha value is -2.11. The fraction of sp³-hybridized carbons (Fsp3) is 0.887. The molecule has 0 amide bonds. The predicted octanol–water partition coefficient (Wildman–Crippen LogP) is 20.3. The van der Waals surface area contributed by atoms with E-state index in [1.54, 1.807) is 0 Å². The normalized spacial score (nSPS) is 12.1. The average Bonchev–Trinajstić information content (AvgIpc) is 3.34. The lowest BCUT2D eigenvalue weighted by Crippen LogP contribution is -2.30. The van der Waals surface area contributed by atoms with Crippen molar-refractivity contribution in [1.82, 2.24) is 0 Å². The van der Waals surface area contributed by atoms with Crippen LogP contribution in [0.4, 0.5) is 0 Å². The number of carbonyl (C=O) groups excluding carboxylic acids is 3. The number of rotatable bonds is 56. The Morgan fingerprint density at radius 1 is 0.294 bits per heavy atom. The van der Waals surface area contributed by atoms with Crippen molar-refractivity contribution in [3.63, 3.8) is 0 Å². The zero-order valence-corrected chi connectivity index (χ0v) is 45.9. The molecule has 400 valence electrons. The SMILES string of the molecule is CCCC/C=C\C/C=C\CCCCCCCC(=O)OC(COC(=O)CCCCCCCCCCCCCC)COC(=O)CCCCCCCCCCCCCCCCCCCCCCCCCC. The van der Waals surface area contributed by atoms with E-state index in [9.17, 15) is 14.4 Å². The summed E-state index contributed by atoms with van der Waals surface area (Å²) in [5, 5.41) is 0. The van der Waals surface area contributed by atoms with Gasteiger partial charge in [-0.15, -0.1) is 0 Å². The van der Waals surface area contributed by atoms with Gasteiger partial charge in [0, 0.05) is 19.3 Å². The lowest BCUT2D eigenvalue weighted by Gasteiger charge is -2.18. The van der Waals surface area contributed by atoms with E-state index >= 15 is 0 Å². The third-order valence-corrected chi connectivity index (χ3v) is 13.7. The van der Waals surface area contributed by atoms with Gasteiger partial charge in [-0.3, -0.25) is 14.4 Å². The second-order valence-electron chi connectivity index (χ2n) is 20.6. The molecule has 0 aromatic rings. The zero-order valence-electron chi connectivity index (χ0n) is 45.9. The number of unbranched alkanes of at least 4 members (excludes halogenated alkanes) is 41. The Morgan fingerprint density at radius 2 is 0.544 bits per heavy atom. The van der Waals surface area contributed by atoms with E-state index in [4.69, 9.17) is 14.2 Å². The molecule has 0 spiro atoms. The molecule has 0 heterocycles. The summed E-state index contributed by atoms with van der Waals surface area (Å²) in [6, 6.07) is 0. The van der Waals surface area contributed by atoms with Crippen molar-refractivity contribution in [2.45, 2.75) is 341 Å². The molecule has 0 aliphatic heterocycles. The van der Waals surface area contributed by atoms with Gasteiger partial charge >= 0.3 is 17.9 Å². The monoisotopic (exact) mass is 957 g/mol. The number of allylic oxidation sites excluding steroid dienone is 4. The maximum atomic E-state index is 12.8. The molecule has 0 aromatic heterocycles. The average molecular weight is 958 g/mol. The van der Waals surface area contributed by atoms with E-state index in [1.165, 1.54) is 212 Å². The number of hydrogen-bond donors (Lipinski definition) is 0. The lowest BCUT2D eigenvalue weighted by molar-refractivity contribution is -0.167. The largest absolute Gasteiger partial charge is 0.462 e. The van der Waals surface area contributed by atoms with Crippen molar-refractivity contribution in [2.75, 3.05) is 13.2 Å². The summed E-state index contributed by atoms with van der Waals surface area (Å²) in [7, 11) is 0. The Morgan fingerprint density at radius 3 is 0.853 bits per heavy atom. The zero-order chi connectivity index (χ0) is 49.3. The van der Waals surface area contributed by atoms with Gasteiger partial charge in [0.05, 0.1) is 0 Å². The minimum absolute atomic E-state index is 0.0715. The van der Waals surface area contributed by atoms with Gasteiger partial charge in [0.15, 0.2) is 6.10 Å². The van der Waals surface area contributed by atoms with Crippen LogP contribution in [-0.4, -0.2) is 37.2 Å². The second kappa shape index (κ2) is 57.5. The van der Waals surface area contributed by atoms with E-state index < -0.39 is 6.10 Å². The predicted molar refractivity (Wildman–Crippen MR) is 293 cm³/mol. The molecule has 0 bridgehead atoms. The molecule has 6 heteroatoms. The van der Waals surface area contributed by atoms with E-state index in [2.05, 4.69) is 45.1 Å². The van der Waals surface area contributed by atoms with Crippen LogP contribution < -0.4 is 0 Å². The van der Waals surface area contributed by atoms with Crippen molar-refractivity contribution in [1.29, 1.82) is 0 Å². The smallest absolute Gasteiger partial charge is 0.306 e. The van der Waals surface area contributed by atoms with Gasteiger partial charge in [-0.2, -0.15) is 0 Å². The van der Waals surface area contributed by atoms with Crippen LogP contribution in [0.5, 0.6) is 0 Å². The minimum atomic E-state index is -0.773. The van der Waals surface area contributed by atoms with E-state index in [-0.39, 0.29) is 31.1 Å². The van der Waals surface area contributed by atoms with Gasteiger partial charge in [0.1, 0.15) is 13.2 Å². The highest BCUT2D eigenvalue weighted by atomic mass is 16.6. The first-order valence-electron chi connectivity index (χ1n) is 30.3. The van der Waals surface area contributed by atoms with Gasteiger partial charge in [-0.05, 0) is 44.9 Å². The first kappa shape index (κ1) is 65.9. The Kier molecular flexibility index (Phi) is 55.7.